The molecule has 2 atom stereocenters. The standard InChI is InChI=1S/C22H26N2O5S/c1-23(2)10-6-11-24-19(15-9-8-14(28-3)13-16(15)29-4)18(21(26)22(24)27)20(25)17-7-5-12-30-17/h5,7-9,12-13,18-19H,6,10-11H2,1-4H3. The van der Waals surface area contributed by atoms with Crippen molar-refractivity contribution in [1.82, 2.24) is 9.80 Å². The van der Waals surface area contributed by atoms with Gasteiger partial charge in [-0.05, 0) is 50.6 Å². The number of Topliss-reactive ketones (excluding diaryl/α,β-unsaturated/α-hetero) is 2. The molecule has 30 heavy (non-hydrogen) atoms. The molecule has 0 radical (unpaired) electrons. The van der Waals surface area contributed by atoms with Crippen LogP contribution in [0.5, 0.6) is 11.5 Å². The molecule has 7 nitrogen and oxygen atoms in total. The molecule has 2 unspecified atom stereocenters. The molecule has 0 aliphatic carbocycles. The second kappa shape index (κ2) is 9.40. The third kappa shape index (κ3) is 4.24. The normalized spacial score (nSPS) is 18.9. The molecule has 1 aliphatic rings. The number of benzene rings is 1. The lowest BCUT2D eigenvalue weighted by Gasteiger charge is -2.28. The van der Waals surface area contributed by atoms with Crippen molar-refractivity contribution in [3.05, 3.63) is 46.2 Å². The zero-order valence-corrected chi connectivity index (χ0v) is 18.4. The zero-order valence-electron chi connectivity index (χ0n) is 17.6. The van der Waals surface area contributed by atoms with Gasteiger partial charge in [0.15, 0.2) is 5.78 Å². The number of ketones is 2. The molecule has 0 saturated carbocycles. The minimum absolute atomic E-state index is 0.332. The summed E-state index contributed by atoms with van der Waals surface area (Å²) in [5.74, 6) is -1.65. The van der Waals surface area contributed by atoms with Crippen LogP contribution in [-0.4, -0.2) is 68.7 Å². The van der Waals surface area contributed by atoms with Crippen molar-refractivity contribution < 1.29 is 23.9 Å². The molecule has 160 valence electrons. The number of methoxy groups -OCH3 is 2. The molecule has 1 saturated heterocycles. The predicted octanol–water partition coefficient (Wildman–Crippen LogP) is 2.67. The van der Waals surface area contributed by atoms with Crippen molar-refractivity contribution in [3.8, 4) is 11.5 Å². The maximum Gasteiger partial charge on any atom is 0.291 e. The summed E-state index contributed by atoms with van der Waals surface area (Å²) >= 11 is 1.27. The third-order valence-electron chi connectivity index (χ3n) is 5.22. The molecule has 8 heteroatoms. The third-order valence-corrected chi connectivity index (χ3v) is 6.10. The largest absolute Gasteiger partial charge is 0.497 e. The summed E-state index contributed by atoms with van der Waals surface area (Å²) in [6.45, 7) is 1.13. The number of carbonyl (C=O) groups excluding carboxylic acids is 3. The molecule has 0 N–H and O–H groups in total. The van der Waals surface area contributed by atoms with Crippen LogP contribution in [0.3, 0.4) is 0 Å². The highest BCUT2D eigenvalue weighted by atomic mass is 32.1. The van der Waals surface area contributed by atoms with E-state index in [1.807, 2.05) is 19.0 Å². The highest BCUT2D eigenvalue weighted by molar-refractivity contribution is 7.12. The van der Waals surface area contributed by atoms with Crippen molar-refractivity contribution in [3.63, 3.8) is 0 Å². The van der Waals surface area contributed by atoms with E-state index in [4.69, 9.17) is 9.47 Å². The Balaban J connectivity index is 2.06. The molecular weight excluding hydrogens is 404 g/mol. The van der Waals surface area contributed by atoms with Crippen LogP contribution in [0, 0.1) is 5.92 Å². The van der Waals surface area contributed by atoms with Gasteiger partial charge in [-0.15, -0.1) is 11.3 Å². The Labute approximate surface area is 180 Å². The number of nitrogens with zero attached hydrogens (tertiary/aromatic N) is 2. The summed E-state index contributed by atoms with van der Waals surface area (Å²) in [6, 6.07) is 7.94. The second-order valence-corrected chi connectivity index (χ2v) is 8.34. The molecule has 2 aromatic rings. The fraction of sp³-hybridized carbons (Fsp3) is 0.409. The minimum atomic E-state index is -1.10. The van der Waals surface area contributed by atoms with Crippen LogP contribution in [0.25, 0.3) is 0 Å². The molecule has 1 aromatic carbocycles. The highest BCUT2D eigenvalue weighted by Gasteiger charge is 2.52. The average molecular weight is 431 g/mol. The first-order chi connectivity index (χ1) is 14.4. The van der Waals surface area contributed by atoms with Gasteiger partial charge in [-0.3, -0.25) is 14.4 Å². The quantitative estimate of drug-likeness (QED) is 0.346. The number of rotatable bonds is 9. The van der Waals surface area contributed by atoms with Crippen LogP contribution < -0.4 is 9.47 Å². The number of carbonyl (C=O) groups is 3. The smallest absolute Gasteiger partial charge is 0.291 e. The van der Waals surface area contributed by atoms with Gasteiger partial charge < -0.3 is 19.3 Å². The van der Waals surface area contributed by atoms with E-state index in [-0.39, 0.29) is 5.78 Å². The van der Waals surface area contributed by atoms with Gasteiger partial charge in [0.2, 0.25) is 5.78 Å². The average Bonchev–Trinajstić information content (AvgIpc) is 3.35. The number of likely N-dealkylation sites (tertiary alicyclic amines) is 1. The molecule has 1 aliphatic heterocycles. The Kier molecular flexibility index (Phi) is 6.89. The van der Waals surface area contributed by atoms with Gasteiger partial charge in [0.1, 0.15) is 17.4 Å². The lowest BCUT2D eigenvalue weighted by molar-refractivity contribution is -0.140. The van der Waals surface area contributed by atoms with Gasteiger partial charge in [0.05, 0.1) is 25.1 Å². The Hall–Kier alpha value is -2.71. The Morgan fingerprint density at radius 2 is 1.93 bits per heavy atom. The van der Waals surface area contributed by atoms with E-state index in [1.165, 1.54) is 23.3 Å². The van der Waals surface area contributed by atoms with E-state index in [0.29, 0.717) is 34.9 Å². The molecule has 1 fully saturated rings. The molecule has 1 amide bonds. The number of ether oxygens (including phenoxy) is 2. The summed E-state index contributed by atoms with van der Waals surface area (Å²) in [5.41, 5.74) is 0.622. The summed E-state index contributed by atoms with van der Waals surface area (Å²) in [6.07, 6.45) is 0.681. The van der Waals surface area contributed by atoms with Crippen LogP contribution in [0.15, 0.2) is 35.7 Å². The van der Waals surface area contributed by atoms with Gasteiger partial charge in [-0.25, -0.2) is 0 Å². The summed E-state index contributed by atoms with van der Waals surface area (Å²) in [5, 5.41) is 1.78. The van der Waals surface area contributed by atoms with Gasteiger partial charge in [-0.2, -0.15) is 0 Å². The first-order valence-corrected chi connectivity index (χ1v) is 10.6. The monoisotopic (exact) mass is 430 g/mol. The van der Waals surface area contributed by atoms with E-state index in [0.717, 1.165) is 6.54 Å². The predicted molar refractivity (Wildman–Crippen MR) is 114 cm³/mol. The fourth-order valence-corrected chi connectivity index (χ4v) is 4.47. The van der Waals surface area contributed by atoms with Crippen molar-refractivity contribution in [1.29, 1.82) is 0 Å². The summed E-state index contributed by atoms with van der Waals surface area (Å²) in [4.78, 5) is 43.1. The zero-order chi connectivity index (χ0) is 21.8. The van der Waals surface area contributed by atoms with E-state index in [2.05, 4.69) is 0 Å². The van der Waals surface area contributed by atoms with Gasteiger partial charge >= 0.3 is 0 Å². The van der Waals surface area contributed by atoms with Crippen LogP contribution in [0.2, 0.25) is 0 Å². The summed E-state index contributed by atoms with van der Waals surface area (Å²) in [7, 11) is 6.96. The van der Waals surface area contributed by atoms with E-state index >= 15 is 0 Å². The highest BCUT2D eigenvalue weighted by Crippen LogP contribution is 2.43. The second-order valence-electron chi connectivity index (χ2n) is 7.39. The van der Waals surface area contributed by atoms with Gasteiger partial charge in [0.25, 0.3) is 5.91 Å². The molecular formula is C22H26N2O5S. The molecule has 0 bridgehead atoms. The van der Waals surface area contributed by atoms with Crippen molar-refractivity contribution in [2.24, 2.45) is 5.92 Å². The van der Waals surface area contributed by atoms with Gasteiger partial charge in [0, 0.05) is 18.2 Å². The topological polar surface area (TPSA) is 76.2 Å². The van der Waals surface area contributed by atoms with Gasteiger partial charge in [-0.1, -0.05) is 6.07 Å². The van der Waals surface area contributed by atoms with Crippen LogP contribution in [-0.2, 0) is 9.59 Å². The SMILES string of the molecule is COc1ccc(C2C(C(=O)c3cccs3)C(=O)C(=O)N2CCCN(C)C)c(OC)c1. The van der Waals surface area contributed by atoms with Crippen LogP contribution in [0.1, 0.15) is 27.7 Å². The number of thiophene rings is 1. The Morgan fingerprint density at radius 1 is 1.17 bits per heavy atom. The number of hydrogen-bond acceptors (Lipinski definition) is 7. The number of amides is 1. The van der Waals surface area contributed by atoms with Crippen LogP contribution >= 0.6 is 11.3 Å². The Bertz CT molecular complexity index is 926. The minimum Gasteiger partial charge on any atom is -0.497 e. The van der Waals surface area contributed by atoms with Crippen molar-refractivity contribution >= 4 is 28.8 Å². The molecule has 2 heterocycles. The lowest BCUT2D eigenvalue weighted by Crippen LogP contribution is -2.33. The maximum absolute atomic E-state index is 13.2. The number of hydrogen-bond donors (Lipinski definition) is 0. The van der Waals surface area contributed by atoms with Crippen molar-refractivity contribution in [2.45, 2.75) is 12.5 Å². The van der Waals surface area contributed by atoms with Crippen molar-refractivity contribution in [2.75, 3.05) is 41.4 Å². The molecule has 0 spiro atoms. The van der Waals surface area contributed by atoms with E-state index in [1.54, 1.807) is 42.8 Å². The Morgan fingerprint density at radius 3 is 2.53 bits per heavy atom. The van der Waals surface area contributed by atoms with E-state index in [9.17, 15) is 14.4 Å². The maximum atomic E-state index is 13.2. The molecule has 1 aromatic heterocycles. The first-order valence-electron chi connectivity index (χ1n) is 9.68. The molecule has 3 rings (SSSR count). The van der Waals surface area contributed by atoms with E-state index < -0.39 is 23.7 Å². The van der Waals surface area contributed by atoms with Crippen LogP contribution in [0.4, 0.5) is 0 Å². The fourth-order valence-electron chi connectivity index (χ4n) is 3.77. The first kappa shape index (κ1) is 22.0. The summed E-state index contributed by atoms with van der Waals surface area (Å²) < 4.78 is 10.8. The lowest BCUT2D eigenvalue weighted by atomic mass is 9.88.